The van der Waals surface area contributed by atoms with Crippen LogP contribution >= 0.6 is 0 Å². The highest BCUT2D eigenvalue weighted by Gasteiger charge is 2.24. The molecule has 0 bridgehead atoms. The lowest BCUT2D eigenvalue weighted by Gasteiger charge is -2.23. The first-order chi connectivity index (χ1) is 12.8. The zero-order valence-electron chi connectivity index (χ0n) is 16.0. The van der Waals surface area contributed by atoms with Crippen molar-refractivity contribution < 1.29 is 14.3 Å². The number of anilines is 2. The van der Waals surface area contributed by atoms with Gasteiger partial charge in [0.05, 0.1) is 0 Å². The second-order valence-corrected chi connectivity index (χ2v) is 7.82. The third-order valence-electron chi connectivity index (χ3n) is 4.60. The number of para-hydroxylation sites is 1. The van der Waals surface area contributed by atoms with Crippen LogP contribution in [0.25, 0.3) is 0 Å². The Morgan fingerprint density at radius 3 is 2.52 bits per heavy atom. The van der Waals surface area contributed by atoms with Gasteiger partial charge >= 0.3 is 0 Å². The van der Waals surface area contributed by atoms with Gasteiger partial charge in [0.25, 0.3) is 11.8 Å². The minimum Gasteiger partial charge on any atom is -0.368 e. The minimum absolute atomic E-state index is 0.0824. The Labute approximate surface area is 160 Å². The number of benzene rings is 2. The van der Waals surface area contributed by atoms with Crippen LogP contribution in [0.3, 0.4) is 0 Å². The average Bonchev–Trinajstić information content (AvgIpc) is 3.16. The van der Waals surface area contributed by atoms with Crippen LogP contribution in [-0.4, -0.2) is 24.5 Å². The highest BCUT2D eigenvalue weighted by Crippen LogP contribution is 2.29. The second-order valence-electron chi connectivity index (χ2n) is 7.82. The molecule has 1 aliphatic heterocycles. The van der Waals surface area contributed by atoms with Crippen LogP contribution in [0.15, 0.2) is 48.5 Å². The van der Waals surface area contributed by atoms with Crippen LogP contribution in [0.5, 0.6) is 0 Å². The normalized spacial score (nSPS) is 16.8. The van der Waals surface area contributed by atoms with Crippen molar-refractivity contribution in [2.45, 2.75) is 45.1 Å². The molecule has 0 radical (unpaired) electrons. The summed E-state index contributed by atoms with van der Waals surface area (Å²) in [5.41, 5.74) is 2.86. The molecule has 2 N–H and O–H groups in total. The molecular formula is C22H26N2O3. The van der Waals surface area contributed by atoms with E-state index in [-0.39, 0.29) is 17.2 Å². The molecule has 27 heavy (non-hydrogen) atoms. The zero-order valence-corrected chi connectivity index (χ0v) is 16.0. The highest BCUT2D eigenvalue weighted by atomic mass is 16.5. The van der Waals surface area contributed by atoms with Gasteiger partial charge in [0.2, 0.25) is 0 Å². The Bertz CT molecular complexity index is 833. The van der Waals surface area contributed by atoms with Gasteiger partial charge in [-0.25, -0.2) is 0 Å². The van der Waals surface area contributed by atoms with Crippen LogP contribution in [0, 0.1) is 0 Å². The van der Waals surface area contributed by atoms with Gasteiger partial charge < -0.3 is 15.4 Å². The van der Waals surface area contributed by atoms with E-state index in [1.807, 2.05) is 24.3 Å². The van der Waals surface area contributed by atoms with Crippen molar-refractivity contribution in [1.82, 2.24) is 0 Å². The van der Waals surface area contributed by atoms with Crippen molar-refractivity contribution in [2.75, 3.05) is 17.2 Å². The van der Waals surface area contributed by atoms with Gasteiger partial charge in [0.15, 0.2) is 0 Å². The summed E-state index contributed by atoms with van der Waals surface area (Å²) < 4.78 is 5.40. The molecule has 1 atom stereocenters. The number of ether oxygens (including phenoxy) is 1. The molecule has 142 valence electrons. The fourth-order valence-electron chi connectivity index (χ4n) is 3.19. The Hall–Kier alpha value is -2.66. The summed E-state index contributed by atoms with van der Waals surface area (Å²) in [7, 11) is 0. The first-order valence-corrected chi connectivity index (χ1v) is 9.28. The lowest BCUT2D eigenvalue weighted by Crippen LogP contribution is -2.27. The van der Waals surface area contributed by atoms with Crippen molar-refractivity contribution in [2.24, 2.45) is 0 Å². The summed E-state index contributed by atoms with van der Waals surface area (Å²) >= 11 is 0. The molecule has 3 rings (SSSR count). The maximum atomic E-state index is 12.7. The summed E-state index contributed by atoms with van der Waals surface area (Å²) in [6.45, 7) is 6.95. The lowest BCUT2D eigenvalue weighted by atomic mass is 9.86. The van der Waals surface area contributed by atoms with Gasteiger partial charge in [0, 0.05) is 23.5 Å². The third kappa shape index (κ3) is 4.74. The molecule has 2 amide bonds. The van der Waals surface area contributed by atoms with E-state index in [1.54, 1.807) is 24.3 Å². The summed E-state index contributed by atoms with van der Waals surface area (Å²) in [6, 6.07) is 14.7. The van der Waals surface area contributed by atoms with Crippen LogP contribution in [0.1, 0.15) is 49.5 Å². The summed E-state index contributed by atoms with van der Waals surface area (Å²) in [5.74, 6) is -0.372. The van der Waals surface area contributed by atoms with E-state index in [1.165, 1.54) is 0 Å². The van der Waals surface area contributed by atoms with Gasteiger partial charge in [0.1, 0.15) is 6.10 Å². The van der Waals surface area contributed by atoms with Crippen LogP contribution in [-0.2, 0) is 14.9 Å². The molecule has 2 aromatic carbocycles. The summed E-state index contributed by atoms with van der Waals surface area (Å²) in [5, 5.41) is 5.83. The summed E-state index contributed by atoms with van der Waals surface area (Å²) in [4.78, 5) is 24.9. The van der Waals surface area contributed by atoms with Gasteiger partial charge in [-0.1, -0.05) is 45.0 Å². The zero-order chi connectivity index (χ0) is 19.4. The molecular weight excluding hydrogens is 340 g/mol. The SMILES string of the molecule is CC(C)(C)c1ccccc1NC(=O)c1cccc(NC(=O)[C@@H]2CCCO2)c1. The Morgan fingerprint density at radius 2 is 1.81 bits per heavy atom. The molecule has 0 aliphatic carbocycles. The van der Waals surface area contributed by atoms with E-state index in [0.717, 1.165) is 24.1 Å². The van der Waals surface area contributed by atoms with Gasteiger partial charge in [-0.3, -0.25) is 9.59 Å². The number of carbonyl (C=O) groups is 2. The number of carbonyl (C=O) groups excluding carboxylic acids is 2. The molecule has 5 heteroatoms. The van der Waals surface area contributed by atoms with E-state index < -0.39 is 6.10 Å². The average molecular weight is 366 g/mol. The predicted octanol–water partition coefficient (Wildman–Crippen LogP) is 4.35. The van der Waals surface area contributed by atoms with Gasteiger partial charge in [-0.2, -0.15) is 0 Å². The Morgan fingerprint density at radius 1 is 1.04 bits per heavy atom. The van der Waals surface area contributed by atoms with Crippen molar-refractivity contribution >= 4 is 23.2 Å². The molecule has 0 aromatic heterocycles. The molecule has 0 saturated carbocycles. The third-order valence-corrected chi connectivity index (χ3v) is 4.60. The topological polar surface area (TPSA) is 67.4 Å². The molecule has 1 aliphatic rings. The van der Waals surface area contributed by atoms with E-state index >= 15 is 0 Å². The maximum Gasteiger partial charge on any atom is 0.255 e. The van der Waals surface area contributed by atoms with Crippen molar-refractivity contribution in [3.63, 3.8) is 0 Å². The Kier molecular flexibility index (Phi) is 5.61. The van der Waals surface area contributed by atoms with E-state index in [4.69, 9.17) is 4.74 Å². The standard InChI is InChI=1S/C22H26N2O3/c1-22(2,3)17-10-4-5-11-18(17)24-20(25)15-8-6-9-16(14-15)23-21(26)19-12-7-13-27-19/h4-6,8-11,14,19H,7,12-13H2,1-3H3,(H,23,26)(H,24,25)/t19-/m0/s1. The molecule has 5 nitrogen and oxygen atoms in total. The van der Waals surface area contributed by atoms with Crippen molar-refractivity contribution in [3.8, 4) is 0 Å². The van der Waals surface area contributed by atoms with E-state index in [2.05, 4.69) is 31.4 Å². The van der Waals surface area contributed by atoms with Crippen molar-refractivity contribution in [1.29, 1.82) is 0 Å². The number of hydrogen-bond donors (Lipinski definition) is 2. The maximum absolute atomic E-state index is 12.7. The molecule has 1 fully saturated rings. The number of nitrogens with one attached hydrogen (secondary N) is 2. The Balaban J connectivity index is 1.74. The lowest BCUT2D eigenvalue weighted by molar-refractivity contribution is -0.124. The summed E-state index contributed by atoms with van der Waals surface area (Å²) in [6.07, 6.45) is 1.23. The molecule has 0 unspecified atom stereocenters. The van der Waals surface area contributed by atoms with E-state index in [0.29, 0.717) is 17.9 Å². The molecule has 1 saturated heterocycles. The van der Waals surface area contributed by atoms with Crippen LogP contribution < -0.4 is 10.6 Å². The van der Waals surface area contributed by atoms with E-state index in [9.17, 15) is 9.59 Å². The number of rotatable bonds is 4. The minimum atomic E-state index is -0.402. The predicted molar refractivity (Wildman–Crippen MR) is 107 cm³/mol. The largest absolute Gasteiger partial charge is 0.368 e. The number of hydrogen-bond acceptors (Lipinski definition) is 3. The van der Waals surface area contributed by atoms with Gasteiger partial charge in [-0.05, 0) is 48.1 Å². The molecule has 1 heterocycles. The van der Waals surface area contributed by atoms with Crippen molar-refractivity contribution in [3.05, 3.63) is 59.7 Å². The quantitative estimate of drug-likeness (QED) is 0.845. The first kappa shape index (κ1) is 19.1. The fourth-order valence-corrected chi connectivity index (χ4v) is 3.19. The monoisotopic (exact) mass is 366 g/mol. The highest BCUT2D eigenvalue weighted by molar-refractivity contribution is 6.06. The van der Waals surface area contributed by atoms with Crippen LogP contribution in [0.2, 0.25) is 0 Å². The first-order valence-electron chi connectivity index (χ1n) is 9.28. The van der Waals surface area contributed by atoms with Crippen LogP contribution in [0.4, 0.5) is 11.4 Å². The fraction of sp³-hybridized carbons (Fsp3) is 0.364. The number of amides is 2. The second kappa shape index (κ2) is 7.92. The smallest absolute Gasteiger partial charge is 0.255 e. The molecule has 2 aromatic rings. The molecule has 0 spiro atoms. The van der Waals surface area contributed by atoms with Gasteiger partial charge in [-0.15, -0.1) is 0 Å².